The maximum absolute atomic E-state index is 12.0. The molecule has 0 aliphatic rings. The second-order valence-electron chi connectivity index (χ2n) is 5.16. The third kappa shape index (κ3) is 4.55. The van der Waals surface area contributed by atoms with Gasteiger partial charge in [-0.05, 0) is 23.3 Å². The molecule has 2 rings (SSSR count). The number of hydrogen-bond acceptors (Lipinski definition) is 4. The zero-order valence-electron chi connectivity index (χ0n) is 12.3. The molecule has 0 saturated carbocycles. The molecular weight excluding hydrogens is 296 g/mol. The van der Waals surface area contributed by atoms with Crippen molar-refractivity contribution in [2.75, 3.05) is 5.73 Å². The van der Waals surface area contributed by atoms with E-state index < -0.39 is 24.0 Å². The third-order valence-electron chi connectivity index (χ3n) is 3.36. The highest BCUT2D eigenvalue weighted by molar-refractivity contribution is 5.85. The molecule has 2 aromatic rings. The molecule has 1 amide bonds. The van der Waals surface area contributed by atoms with Gasteiger partial charge in [0, 0.05) is 5.69 Å². The first-order valence-electron chi connectivity index (χ1n) is 7.07. The molecule has 0 fully saturated rings. The fourth-order valence-electron chi connectivity index (χ4n) is 2.22. The van der Waals surface area contributed by atoms with Crippen molar-refractivity contribution in [3.8, 4) is 0 Å². The van der Waals surface area contributed by atoms with Gasteiger partial charge >= 0.3 is 5.97 Å². The zero-order valence-corrected chi connectivity index (χ0v) is 12.3. The summed E-state index contributed by atoms with van der Waals surface area (Å²) in [5.41, 5.74) is 7.12. The van der Waals surface area contributed by atoms with Crippen LogP contribution in [-0.4, -0.2) is 28.1 Å². The highest BCUT2D eigenvalue weighted by Gasteiger charge is 2.29. The van der Waals surface area contributed by atoms with Crippen LogP contribution >= 0.6 is 0 Å². The van der Waals surface area contributed by atoms with Gasteiger partial charge in [-0.15, -0.1) is 0 Å². The monoisotopic (exact) mass is 314 g/mol. The smallest absolute Gasteiger partial charge is 0.329 e. The Morgan fingerprint density at radius 2 is 1.78 bits per heavy atom. The maximum Gasteiger partial charge on any atom is 0.329 e. The number of amides is 1. The molecule has 0 aliphatic heterocycles. The van der Waals surface area contributed by atoms with Gasteiger partial charge in [0.2, 0.25) is 5.91 Å². The van der Waals surface area contributed by atoms with E-state index in [0.29, 0.717) is 11.3 Å². The van der Waals surface area contributed by atoms with Crippen LogP contribution in [0.2, 0.25) is 0 Å². The van der Waals surface area contributed by atoms with Crippen molar-refractivity contribution in [2.45, 2.75) is 18.6 Å². The van der Waals surface area contributed by atoms with Crippen LogP contribution < -0.4 is 11.1 Å². The molecular formula is C17H18N2O4. The van der Waals surface area contributed by atoms with E-state index in [9.17, 15) is 19.8 Å². The van der Waals surface area contributed by atoms with Crippen LogP contribution in [0.4, 0.5) is 5.69 Å². The molecule has 23 heavy (non-hydrogen) atoms. The summed E-state index contributed by atoms with van der Waals surface area (Å²) in [6, 6.07) is 13.8. The van der Waals surface area contributed by atoms with Crippen molar-refractivity contribution < 1.29 is 19.8 Å². The second-order valence-corrected chi connectivity index (χ2v) is 5.16. The highest BCUT2D eigenvalue weighted by atomic mass is 16.4. The summed E-state index contributed by atoms with van der Waals surface area (Å²) in [7, 11) is 0. The lowest BCUT2D eigenvalue weighted by atomic mass is 10.0. The predicted molar refractivity (Wildman–Crippen MR) is 85.5 cm³/mol. The van der Waals surface area contributed by atoms with E-state index in [-0.39, 0.29) is 6.42 Å². The lowest BCUT2D eigenvalue weighted by Gasteiger charge is -2.21. The van der Waals surface area contributed by atoms with Crippen LogP contribution in [0.25, 0.3) is 0 Å². The molecule has 0 saturated heterocycles. The topological polar surface area (TPSA) is 113 Å². The number of carboxylic acid groups (broad SMARTS) is 1. The number of carbonyl (C=O) groups is 2. The number of carbonyl (C=O) groups excluding carboxylic acids is 1. The number of hydrogen-bond donors (Lipinski definition) is 4. The average molecular weight is 314 g/mol. The minimum Gasteiger partial charge on any atom is -0.480 e. The van der Waals surface area contributed by atoms with Gasteiger partial charge < -0.3 is 21.3 Å². The van der Waals surface area contributed by atoms with Crippen molar-refractivity contribution >= 4 is 17.6 Å². The van der Waals surface area contributed by atoms with Crippen LogP contribution in [0.3, 0.4) is 0 Å². The van der Waals surface area contributed by atoms with E-state index in [1.165, 1.54) is 6.07 Å². The van der Waals surface area contributed by atoms with Crippen LogP contribution in [0.1, 0.15) is 17.2 Å². The van der Waals surface area contributed by atoms with Crippen molar-refractivity contribution in [3.05, 3.63) is 65.7 Å². The quantitative estimate of drug-likeness (QED) is 0.597. The maximum atomic E-state index is 12.0. The molecule has 5 N–H and O–H groups in total. The Morgan fingerprint density at radius 3 is 2.39 bits per heavy atom. The number of anilines is 1. The fraction of sp³-hybridized carbons (Fsp3) is 0.176. The van der Waals surface area contributed by atoms with E-state index in [0.717, 1.165) is 5.56 Å². The lowest BCUT2D eigenvalue weighted by Crippen LogP contribution is -2.45. The highest BCUT2D eigenvalue weighted by Crippen LogP contribution is 2.19. The minimum atomic E-state index is -1.45. The Hall–Kier alpha value is -2.86. The minimum absolute atomic E-state index is 0.0360. The number of aliphatic carboxylic acids is 1. The summed E-state index contributed by atoms with van der Waals surface area (Å²) in [4.78, 5) is 23.4. The Labute approximate surface area is 133 Å². The zero-order chi connectivity index (χ0) is 16.8. The standard InChI is InChI=1S/C17H18N2O4/c18-13-8-4-7-12(10-13)16(21)15(17(22)23)19-14(20)9-11-5-2-1-3-6-11/h1-8,10,15-16,21H,9,18H2,(H,19,20)(H,22,23). The van der Waals surface area contributed by atoms with E-state index in [2.05, 4.69) is 5.32 Å². The third-order valence-corrected chi connectivity index (χ3v) is 3.36. The summed E-state index contributed by atoms with van der Waals surface area (Å²) in [5.74, 6) is -1.80. The van der Waals surface area contributed by atoms with Gasteiger partial charge in [-0.2, -0.15) is 0 Å². The number of carboxylic acids is 1. The summed E-state index contributed by atoms with van der Waals surface area (Å²) in [5, 5.41) is 21.9. The fourth-order valence-corrected chi connectivity index (χ4v) is 2.22. The van der Waals surface area contributed by atoms with Crippen molar-refractivity contribution in [2.24, 2.45) is 0 Å². The summed E-state index contributed by atoms with van der Waals surface area (Å²) < 4.78 is 0. The Kier molecular flexibility index (Phi) is 5.32. The number of rotatable bonds is 6. The first-order valence-corrected chi connectivity index (χ1v) is 7.07. The molecule has 0 aromatic heterocycles. The molecule has 0 heterocycles. The number of aliphatic hydroxyl groups is 1. The van der Waals surface area contributed by atoms with Gasteiger partial charge in [-0.25, -0.2) is 4.79 Å². The predicted octanol–water partition coefficient (Wildman–Crippen LogP) is 1.11. The SMILES string of the molecule is Nc1cccc(C(O)C(NC(=O)Cc2ccccc2)C(=O)O)c1. The van der Waals surface area contributed by atoms with Crippen LogP contribution in [0, 0.1) is 0 Å². The van der Waals surface area contributed by atoms with Gasteiger partial charge in [-0.3, -0.25) is 4.79 Å². The molecule has 0 spiro atoms. The van der Waals surface area contributed by atoms with Gasteiger partial charge in [0.15, 0.2) is 6.04 Å². The first-order chi connectivity index (χ1) is 11.0. The molecule has 6 heteroatoms. The normalized spacial score (nSPS) is 13.1. The van der Waals surface area contributed by atoms with E-state index >= 15 is 0 Å². The van der Waals surface area contributed by atoms with Gasteiger partial charge in [0.1, 0.15) is 6.10 Å². The van der Waals surface area contributed by atoms with E-state index in [1.54, 1.807) is 42.5 Å². The van der Waals surface area contributed by atoms with Crippen LogP contribution in [0.5, 0.6) is 0 Å². The van der Waals surface area contributed by atoms with Gasteiger partial charge in [0.05, 0.1) is 6.42 Å². The van der Waals surface area contributed by atoms with Gasteiger partial charge in [-0.1, -0.05) is 42.5 Å². The molecule has 0 radical (unpaired) electrons. The van der Waals surface area contributed by atoms with Crippen LogP contribution in [0.15, 0.2) is 54.6 Å². The van der Waals surface area contributed by atoms with Crippen molar-refractivity contribution in [1.29, 1.82) is 0 Å². The van der Waals surface area contributed by atoms with Crippen molar-refractivity contribution in [3.63, 3.8) is 0 Å². The Balaban J connectivity index is 2.09. The number of nitrogen functional groups attached to an aromatic ring is 1. The van der Waals surface area contributed by atoms with E-state index in [1.807, 2.05) is 6.07 Å². The number of aliphatic hydroxyl groups excluding tert-OH is 1. The van der Waals surface area contributed by atoms with Crippen LogP contribution in [-0.2, 0) is 16.0 Å². The summed E-state index contributed by atoms with van der Waals surface area (Å²) in [6.07, 6.45) is -1.36. The largest absolute Gasteiger partial charge is 0.480 e. The van der Waals surface area contributed by atoms with E-state index in [4.69, 9.17) is 5.73 Å². The second kappa shape index (κ2) is 7.42. The number of nitrogens with one attached hydrogen (secondary N) is 1. The Morgan fingerprint density at radius 1 is 1.09 bits per heavy atom. The molecule has 0 bridgehead atoms. The summed E-state index contributed by atoms with van der Waals surface area (Å²) >= 11 is 0. The summed E-state index contributed by atoms with van der Waals surface area (Å²) in [6.45, 7) is 0. The van der Waals surface area contributed by atoms with Crippen molar-refractivity contribution in [1.82, 2.24) is 5.32 Å². The first kappa shape index (κ1) is 16.5. The molecule has 2 atom stereocenters. The Bertz CT molecular complexity index is 688. The lowest BCUT2D eigenvalue weighted by molar-refractivity contribution is -0.145. The number of nitrogens with two attached hydrogens (primary N) is 1. The average Bonchev–Trinajstić information content (AvgIpc) is 2.52. The molecule has 2 aromatic carbocycles. The molecule has 120 valence electrons. The molecule has 2 unspecified atom stereocenters. The van der Waals surface area contributed by atoms with Gasteiger partial charge in [0.25, 0.3) is 0 Å². The molecule has 0 aliphatic carbocycles. The number of benzene rings is 2. The molecule has 6 nitrogen and oxygen atoms in total.